The first-order valence-corrected chi connectivity index (χ1v) is 6.36. The van der Waals surface area contributed by atoms with E-state index in [-0.39, 0.29) is 17.4 Å². The standard InChI is InChI=1S/C14H18N2O5/c1-8(2)15-14(20)16-12(17)7-21-11-5-4-9(3)6-10(11)13(18)19/h4-6,8H,7H2,1-3H3,(H,18,19)(H2,15,16,17,20). The normalized spacial score (nSPS) is 10.1. The number of carbonyl (C=O) groups is 3. The Hall–Kier alpha value is -2.57. The van der Waals surface area contributed by atoms with Crippen LogP contribution in [0.3, 0.4) is 0 Å². The molecule has 0 aliphatic carbocycles. The Morgan fingerprint density at radius 3 is 2.52 bits per heavy atom. The zero-order chi connectivity index (χ0) is 16.0. The van der Waals surface area contributed by atoms with Gasteiger partial charge in [0, 0.05) is 6.04 Å². The van der Waals surface area contributed by atoms with Gasteiger partial charge < -0.3 is 15.2 Å². The summed E-state index contributed by atoms with van der Waals surface area (Å²) in [6.45, 7) is 4.81. The van der Waals surface area contributed by atoms with Crippen LogP contribution < -0.4 is 15.4 Å². The lowest BCUT2D eigenvalue weighted by Gasteiger charge is -2.11. The molecule has 114 valence electrons. The molecule has 0 saturated carbocycles. The van der Waals surface area contributed by atoms with Crippen LogP contribution in [0, 0.1) is 6.92 Å². The van der Waals surface area contributed by atoms with E-state index in [1.165, 1.54) is 12.1 Å². The van der Waals surface area contributed by atoms with E-state index in [1.807, 2.05) is 0 Å². The number of urea groups is 1. The summed E-state index contributed by atoms with van der Waals surface area (Å²) in [6, 6.07) is 3.86. The van der Waals surface area contributed by atoms with Crippen molar-refractivity contribution in [1.29, 1.82) is 0 Å². The monoisotopic (exact) mass is 294 g/mol. The van der Waals surface area contributed by atoms with E-state index in [9.17, 15) is 14.4 Å². The highest BCUT2D eigenvalue weighted by Gasteiger charge is 2.14. The van der Waals surface area contributed by atoms with Gasteiger partial charge in [-0.05, 0) is 32.9 Å². The van der Waals surface area contributed by atoms with Crippen molar-refractivity contribution in [2.75, 3.05) is 6.61 Å². The molecule has 3 N–H and O–H groups in total. The summed E-state index contributed by atoms with van der Waals surface area (Å²) in [6.07, 6.45) is 0. The van der Waals surface area contributed by atoms with Crippen molar-refractivity contribution in [1.82, 2.24) is 10.6 Å². The highest BCUT2D eigenvalue weighted by Crippen LogP contribution is 2.19. The molecule has 1 aromatic rings. The van der Waals surface area contributed by atoms with E-state index in [0.29, 0.717) is 0 Å². The quantitative estimate of drug-likeness (QED) is 0.759. The first-order valence-electron chi connectivity index (χ1n) is 6.36. The second kappa shape index (κ2) is 7.28. The van der Waals surface area contributed by atoms with E-state index >= 15 is 0 Å². The molecule has 21 heavy (non-hydrogen) atoms. The highest BCUT2D eigenvalue weighted by atomic mass is 16.5. The number of aromatic carboxylic acids is 1. The molecular weight excluding hydrogens is 276 g/mol. The summed E-state index contributed by atoms with van der Waals surface area (Å²) >= 11 is 0. The molecule has 0 heterocycles. The van der Waals surface area contributed by atoms with Crippen LogP contribution in [0.5, 0.6) is 5.75 Å². The van der Waals surface area contributed by atoms with Gasteiger partial charge in [0.25, 0.3) is 5.91 Å². The molecule has 0 unspecified atom stereocenters. The first-order chi connectivity index (χ1) is 9.79. The van der Waals surface area contributed by atoms with Gasteiger partial charge in [-0.2, -0.15) is 0 Å². The molecule has 3 amide bonds. The van der Waals surface area contributed by atoms with E-state index in [4.69, 9.17) is 9.84 Å². The van der Waals surface area contributed by atoms with Crippen molar-refractivity contribution in [3.63, 3.8) is 0 Å². The summed E-state index contributed by atoms with van der Waals surface area (Å²) < 4.78 is 5.15. The van der Waals surface area contributed by atoms with Gasteiger partial charge in [-0.25, -0.2) is 9.59 Å². The fourth-order valence-corrected chi connectivity index (χ4v) is 1.54. The maximum atomic E-state index is 11.5. The van der Waals surface area contributed by atoms with Crippen molar-refractivity contribution >= 4 is 17.9 Å². The number of carbonyl (C=O) groups excluding carboxylic acids is 2. The molecular formula is C14H18N2O5. The molecule has 1 aromatic carbocycles. The second-order valence-electron chi connectivity index (χ2n) is 4.77. The Labute approximate surface area is 122 Å². The van der Waals surface area contributed by atoms with E-state index in [1.54, 1.807) is 26.8 Å². The number of aryl methyl sites for hydroxylation is 1. The van der Waals surface area contributed by atoms with Crippen molar-refractivity contribution < 1.29 is 24.2 Å². The van der Waals surface area contributed by atoms with Gasteiger partial charge in [-0.15, -0.1) is 0 Å². The third-order valence-corrected chi connectivity index (χ3v) is 2.40. The molecule has 1 rings (SSSR count). The lowest BCUT2D eigenvalue weighted by molar-refractivity contribution is -0.122. The average Bonchev–Trinajstić information content (AvgIpc) is 2.35. The van der Waals surface area contributed by atoms with Gasteiger partial charge in [-0.1, -0.05) is 11.6 Å². The summed E-state index contributed by atoms with van der Waals surface area (Å²) in [4.78, 5) is 33.9. The zero-order valence-corrected chi connectivity index (χ0v) is 12.1. The predicted octanol–water partition coefficient (Wildman–Crippen LogP) is 1.31. The highest BCUT2D eigenvalue weighted by molar-refractivity contribution is 5.95. The van der Waals surface area contributed by atoms with Crippen LogP contribution in [0.1, 0.15) is 29.8 Å². The third kappa shape index (κ3) is 5.52. The van der Waals surface area contributed by atoms with Gasteiger partial charge >= 0.3 is 12.0 Å². The molecule has 7 heteroatoms. The lowest BCUT2D eigenvalue weighted by Crippen LogP contribution is -2.44. The van der Waals surface area contributed by atoms with Crippen molar-refractivity contribution in [3.8, 4) is 5.75 Å². The number of hydrogen-bond donors (Lipinski definition) is 3. The second-order valence-corrected chi connectivity index (χ2v) is 4.77. The Balaban J connectivity index is 2.61. The third-order valence-electron chi connectivity index (χ3n) is 2.40. The largest absolute Gasteiger partial charge is 0.483 e. The van der Waals surface area contributed by atoms with Crippen LogP contribution in [0.25, 0.3) is 0 Å². The van der Waals surface area contributed by atoms with Crippen LogP contribution in [0.4, 0.5) is 4.79 Å². The summed E-state index contributed by atoms with van der Waals surface area (Å²) in [5.41, 5.74) is 0.731. The minimum atomic E-state index is -1.15. The SMILES string of the molecule is Cc1ccc(OCC(=O)NC(=O)NC(C)C)c(C(=O)O)c1. The molecule has 0 spiro atoms. The van der Waals surface area contributed by atoms with Crippen molar-refractivity contribution in [3.05, 3.63) is 29.3 Å². The van der Waals surface area contributed by atoms with Gasteiger partial charge in [0.1, 0.15) is 11.3 Å². The van der Waals surface area contributed by atoms with Crippen molar-refractivity contribution in [2.24, 2.45) is 0 Å². The summed E-state index contributed by atoms with van der Waals surface area (Å²) in [7, 11) is 0. The Morgan fingerprint density at radius 1 is 1.29 bits per heavy atom. The average molecular weight is 294 g/mol. The molecule has 0 fully saturated rings. The Morgan fingerprint density at radius 2 is 1.95 bits per heavy atom. The minimum absolute atomic E-state index is 0.0329. The predicted molar refractivity (Wildman–Crippen MR) is 75.4 cm³/mol. The Kier molecular flexibility index (Phi) is 5.71. The zero-order valence-electron chi connectivity index (χ0n) is 12.1. The molecule has 0 radical (unpaired) electrons. The maximum Gasteiger partial charge on any atom is 0.339 e. The number of ether oxygens (including phenoxy) is 1. The molecule has 0 atom stereocenters. The van der Waals surface area contributed by atoms with Crippen LogP contribution in [-0.2, 0) is 4.79 Å². The fraction of sp³-hybridized carbons (Fsp3) is 0.357. The summed E-state index contributed by atoms with van der Waals surface area (Å²) in [5, 5.41) is 13.6. The number of nitrogens with one attached hydrogen (secondary N) is 2. The molecule has 0 aliphatic rings. The van der Waals surface area contributed by atoms with Gasteiger partial charge in [0.2, 0.25) is 0 Å². The number of benzene rings is 1. The van der Waals surface area contributed by atoms with Gasteiger partial charge in [0.15, 0.2) is 6.61 Å². The number of rotatable bonds is 5. The van der Waals surface area contributed by atoms with Crippen LogP contribution in [0.15, 0.2) is 18.2 Å². The molecule has 7 nitrogen and oxygen atoms in total. The van der Waals surface area contributed by atoms with E-state index in [2.05, 4.69) is 10.6 Å². The number of carboxylic acid groups (broad SMARTS) is 1. The molecule has 0 saturated heterocycles. The first kappa shape index (κ1) is 16.5. The topological polar surface area (TPSA) is 105 Å². The van der Waals surface area contributed by atoms with Crippen molar-refractivity contribution in [2.45, 2.75) is 26.8 Å². The van der Waals surface area contributed by atoms with E-state index < -0.39 is 24.5 Å². The lowest BCUT2D eigenvalue weighted by atomic mass is 10.1. The smallest absolute Gasteiger partial charge is 0.339 e. The summed E-state index contributed by atoms with van der Waals surface area (Å²) in [5.74, 6) is -1.73. The number of hydrogen-bond acceptors (Lipinski definition) is 4. The fourth-order valence-electron chi connectivity index (χ4n) is 1.54. The molecule has 0 aromatic heterocycles. The Bertz CT molecular complexity index is 554. The number of amides is 3. The van der Waals surface area contributed by atoms with Crippen LogP contribution >= 0.6 is 0 Å². The van der Waals surface area contributed by atoms with E-state index in [0.717, 1.165) is 5.56 Å². The van der Waals surface area contributed by atoms with Crippen LogP contribution in [0.2, 0.25) is 0 Å². The maximum absolute atomic E-state index is 11.5. The van der Waals surface area contributed by atoms with Gasteiger partial charge in [-0.3, -0.25) is 10.1 Å². The van der Waals surface area contributed by atoms with Gasteiger partial charge in [0.05, 0.1) is 0 Å². The minimum Gasteiger partial charge on any atom is -0.483 e. The molecule has 0 aliphatic heterocycles. The van der Waals surface area contributed by atoms with Crippen LogP contribution in [-0.4, -0.2) is 35.7 Å². The number of imide groups is 1. The number of carboxylic acids is 1. The molecule has 0 bridgehead atoms.